The third-order valence-electron chi connectivity index (χ3n) is 16.9. The van der Waals surface area contributed by atoms with Crippen molar-refractivity contribution in [2.45, 2.75) is 419 Å². The van der Waals surface area contributed by atoms with Crippen molar-refractivity contribution in [3.8, 4) is 0 Å². The normalized spacial score (nSPS) is 12.2. The summed E-state index contributed by atoms with van der Waals surface area (Å²) in [5.41, 5.74) is 0. The van der Waals surface area contributed by atoms with Gasteiger partial charge in [0.15, 0.2) is 6.10 Å². The van der Waals surface area contributed by atoms with Gasteiger partial charge in [-0.3, -0.25) is 14.4 Å². The van der Waals surface area contributed by atoms with Crippen LogP contribution in [0.4, 0.5) is 0 Å². The topological polar surface area (TPSA) is 78.9 Å². The molecular weight excluding hydrogens is 1010 g/mol. The molecule has 0 saturated heterocycles. The molecule has 0 aliphatic rings. The van der Waals surface area contributed by atoms with Gasteiger partial charge in [-0.2, -0.15) is 0 Å². The fourth-order valence-electron chi connectivity index (χ4n) is 11.3. The number of ether oxygens (including phenoxy) is 3. The largest absolute Gasteiger partial charge is 0.462 e. The molecule has 0 heterocycles. The van der Waals surface area contributed by atoms with Crippen LogP contribution in [0.3, 0.4) is 0 Å². The maximum absolute atomic E-state index is 13.0. The van der Waals surface area contributed by atoms with Crippen molar-refractivity contribution in [2.75, 3.05) is 13.2 Å². The van der Waals surface area contributed by atoms with E-state index in [4.69, 9.17) is 14.2 Å². The van der Waals surface area contributed by atoms with Crippen LogP contribution in [0.2, 0.25) is 0 Å². The van der Waals surface area contributed by atoms with Crippen molar-refractivity contribution < 1.29 is 28.6 Å². The minimum absolute atomic E-state index is 0.0712. The van der Waals surface area contributed by atoms with Gasteiger partial charge in [-0.1, -0.05) is 353 Å². The molecular formula is C76H142O6. The van der Waals surface area contributed by atoms with E-state index < -0.39 is 6.10 Å². The average molecular weight is 1150 g/mol. The smallest absolute Gasteiger partial charge is 0.306 e. The van der Waals surface area contributed by atoms with Gasteiger partial charge < -0.3 is 14.2 Å². The summed E-state index contributed by atoms with van der Waals surface area (Å²) in [6, 6.07) is 0. The van der Waals surface area contributed by atoms with Crippen LogP contribution in [0, 0.1) is 0 Å². The Bertz CT molecular complexity index is 1370. The molecule has 82 heavy (non-hydrogen) atoms. The molecule has 0 aromatic heterocycles. The van der Waals surface area contributed by atoms with Gasteiger partial charge in [-0.25, -0.2) is 0 Å². The van der Waals surface area contributed by atoms with Gasteiger partial charge in [-0.05, 0) is 77.0 Å². The van der Waals surface area contributed by atoms with E-state index >= 15 is 0 Å². The molecule has 0 aromatic rings. The predicted octanol–water partition coefficient (Wildman–Crippen LogP) is 25.5. The number of hydrogen-bond donors (Lipinski definition) is 0. The lowest BCUT2D eigenvalue weighted by atomic mass is 10.0. The molecule has 0 aliphatic heterocycles. The lowest BCUT2D eigenvalue weighted by Crippen LogP contribution is -2.30. The zero-order chi connectivity index (χ0) is 59.2. The van der Waals surface area contributed by atoms with Crippen molar-refractivity contribution in [3.05, 3.63) is 36.5 Å². The summed E-state index contributed by atoms with van der Waals surface area (Å²) in [5.74, 6) is -0.853. The molecule has 482 valence electrons. The van der Waals surface area contributed by atoms with Crippen molar-refractivity contribution >= 4 is 17.9 Å². The Morgan fingerprint density at radius 2 is 0.439 bits per heavy atom. The van der Waals surface area contributed by atoms with E-state index in [1.54, 1.807) is 0 Å². The lowest BCUT2D eigenvalue weighted by Gasteiger charge is -2.18. The number of allylic oxidation sites excluding steroid dienone is 6. The van der Waals surface area contributed by atoms with Crippen LogP contribution in [0.25, 0.3) is 0 Å². The lowest BCUT2D eigenvalue weighted by molar-refractivity contribution is -0.167. The maximum atomic E-state index is 13.0. The molecule has 0 aromatic carbocycles. The predicted molar refractivity (Wildman–Crippen MR) is 358 cm³/mol. The SMILES string of the molecule is CCCCC/C=C\C/C=C\CCCCCCCC(=O)OCC(COC(=O)CCCCCCCCCCCCCCCCC/C=C\CCCCCCCCCC)OC(=O)CCCCCCCCCCCCCCCCCCCCCCCC. The molecule has 0 spiro atoms. The Hall–Kier alpha value is -2.37. The number of rotatable bonds is 69. The minimum Gasteiger partial charge on any atom is -0.462 e. The van der Waals surface area contributed by atoms with E-state index in [9.17, 15) is 14.4 Å². The molecule has 0 saturated carbocycles. The highest BCUT2D eigenvalue weighted by molar-refractivity contribution is 5.71. The summed E-state index contributed by atoms with van der Waals surface area (Å²) in [7, 11) is 0. The van der Waals surface area contributed by atoms with Crippen molar-refractivity contribution in [1.29, 1.82) is 0 Å². The average Bonchev–Trinajstić information content (AvgIpc) is 3.48. The van der Waals surface area contributed by atoms with Crippen LogP contribution >= 0.6 is 0 Å². The quantitative estimate of drug-likeness (QED) is 0.0261. The molecule has 6 nitrogen and oxygen atoms in total. The molecule has 0 rings (SSSR count). The summed E-state index contributed by atoms with van der Waals surface area (Å²) in [6.45, 7) is 6.69. The summed E-state index contributed by atoms with van der Waals surface area (Å²) in [6.07, 6.45) is 89.0. The molecule has 0 fully saturated rings. The summed E-state index contributed by atoms with van der Waals surface area (Å²) < 4.78 is 17.0. The highest BCUT2D eigenvalue weighted by Gasteiger charge is 2.19. The van der Waals surface area contributed by atoms with Gasteiger partial charge >= 0.3 is 17.9 Å². The monoisotopic (exact) mass is 1150 g/mol. The zero-order valence-corrected chi connectivity index (χ0v) is 55.5. The van der Waals surface area contributed by atoms with Gasteiger partial charge in [0.05, 0.1) is 0 Å². The van der Waals surface area contributed by atoms with Gasteiger partial charge in [0.2, 0.25) is 0 Å². The standard InChI is InChI=1S/C76H142O6/c1-4-7-10-13-16-19-22-25-28-30-32-34-36-37-38-39-40-42-43-45-48-51-54-57-60-63-66-69-75(78)81-72-73(71-80-74(77)68-65-62-59-56-53-50-47-27-24-21-18-15-12-9-6-3)82-76(79)70-67-64-61-58-55-52-49-46-44-41-35-33-31-29-26-23-20-17-14-11-8-5-2/h18,21,27,30,32,47,73H,4-17,19-20,22-26,28-29,31,33-46,48-72H2,1-3H3/b21-18-,32-30-,47-27-. The first kappa shape index (κ1) is 79.6. The molecule has 0 amide bonds. The first-order valence-electron chi connectivity index (χ1n) is 37.0. The fraction of sp³-hybridized carbons (Fsp3) is 0.882. The van der Waals surface area contributed by atoms with Gasteiger partial charge in [0.25, 0.3) is 0 Å². The minimum atomic E-state index is -0.777. The molecule has 0 aliphatic carbocycles. The number of hydrogen-bond acceptors (Lipinski definition) is 6. The summed E-state index contributed by atoms with van der Waals surface area (Å²) >= 11 is 0. The van der Waals surface area contributed by atoms with E-state index in [0.717, 1.165) is 77.0 Å². The second kappa shape index (κ2) is 71.1. The Balaban J connectivity index is 4.24. The Labute approximate surface area is 512 Å². The molecule has 1 atom stereocenters. The van der Waals surface area contributed by atoms with Gasteiger partial charge in [0.1, 0.15) is 13.2 Å². The van der Waals surface area contributed by atoms with E-state index in [-0.39, 0.29) is 31.1 Å². The highest BCUT2D eigenvalue weighted by atomic mass is 16.6. The first-order valence-corrected chi connectivity index (χ1v) is 37.0. The molecule has 0 N–H and O–H groups in total. The number of carbonyl (C=O) groups excluding carboxylic acids is 3. The van der Waals surface area contributed by atoms with Crippen LogP contribution in [-0.2, 0) is 28.6 Å². The van der Waals surface area contributed by atoms with Crippen LogP contribution in [-0.4, -0.2) is 37.2 Å². The Kier molecular flexibility index (Phi) is 69.1. The van der Waals surface area contributed by atoms with Crippen molar-refractivity contribution in [1.82, 2.24) is 0 Å². The van der Waals surface area contributed by atoms with Crippen molar-refractivity contribution in [2.24, 2.45) is 0 Å². The Morgan fingerprint density at radius 3 is 0.707 bits per heavy atom. The van der Waals surface area contributed by atoms with E-state index in [1.807, 2.05) is 0 Å². The summed E-state index contributed by atoms with van der Waals surface area (Å²) in [4.78, 5) is 38.5. The van der Waals surface area contributed by atoms with Crippen molar-refractivity contribution in [3.63, 3.8) is 0 Å². The molecule has 6 heteroatoms. The van der Waals surface area contributed by atoms with E-state index in [1.165, 1.54) is 295 Å². The van der Waals surface area contributed by atoms with E-state index in [0.29, 0.717) is 19.3 Å². The van der Waals surface area contributed by atoms with Gasteiger partial charge in [0, 0.05) is 19.3 Å². The fourth-order valence-corrected chi connectivity index (χ4v) is 11.3. The second-order valence-corrected chi connectivity index (χ2v) is 25.2. The van der Waals surface area contributed by atoms with Crippen LogP contribution in [0.5, 0.6) is 0 Å². The first-order chi connectivity index (χ1) is 40.5. The number of esters is 3. The maximum Gasteiger partial charge on any atom is 0.306 e. The van der Waals surface area contributed by atoms with Gasteiger partial charge in [-0.15, -0.1) is 0 Å². The van der Waals surface area contributed by atoms with Crippen LogP contribution in [0.1, 0.15) is 412 Å². The molecule has 0 bridgehead atoms. The van der Waals surface area contributed by atoms with Crippen LogP contribution < -0.4 is 0 Å². The molecule has 1 unspecified atom stereocenters. The third kappa shape index (κ3) is 68.4. The third-order valence-corrected chi connectivity index (χ3v) is 16.9. The van der Waals surface area contributed by atoms with E-state index in [2.05, 4.69) is 57.2 Å². The Morgan fingerprint density at radius 1 is 0.244 bits per heavy atom. The second-order valence-electron chi connectivity index (χ2n) is 25.2. The highest BCUT2D eigenvalue weighted by Crippen LogP contribution is 2.19. The number of unbranched alkanes of at least 4 members (excludes halogenated alkanes) is 52. The number of carbonyl (C=O) groups is 3. The van der Waals surface area contributed by atoms with Crippen LogP contribution in [0.15, 0.2) is 36.5 Å². The zero-order valence-electron chi connectivity index (χ0n) is 55.5. The summed E-state index contributed by atoms with van der Waals surface area (Å²) in [5, 5.41) is 0. The molecule has 0 radical (unpaired) electrons.